The van der Waals surface area contributed by atoms with E-state index in [9.17, 15) is 4.79 Å². The predicted molar refractivity (Wildman–Crippen MR) is 71.2 cm³/mol. The maximum atomic E-state index is 10.7. The van der Waals surface area contributed by atoms with Gasteiger partial charge >= 0.3 is 5.97 Å². The first-order chi connectivity index (χ1) is 8.63. The van der Waals surface area contributed by atoms with Crippen LogP contribution in [-0.4, -0.2) is 42.5 Å². The molecule has 2 N–H and O–H groups in total. The van der Waals surface area contributed by atoms with Gasteiger partial charge in [-0.05, 0) is 25.1 Å². The van der Waals surface area contributed by atoms with Crippen molar-refractivity contribution in [3.63, 3.8) is 0 Å². The number of nitrogens with one attached hydrogen (secondary N) is 2. The van der Waals surface area contributed by atoms with Gasteiger partial charge in [-0.2, -0.15) is 0 Å². The van der Waals surface area contributed by atoms with E-state index in [2.05, 4.69) is 10.6 Å². The van der Waals surface area contributed by atoms with E-state index >= 15 is 0 Å². The van der Waals surface area contributed by atoms with Crippen LogP contribution in [0.5, 0.6) is 0 Å². The highest BCUT2D eigenvalue weighted by Gasteiger charge is 2.23. The molecule has 1 heterocycles. The largest absolute Gasteiger partial charge is 0.463 e. The van der Waals surface area contributed by atoms with Crippen molar-refractivity contribution in [2.45, 2.75) is 38.0 Å². The van der Waals surface area contributed by atoms with Gasteiger partial charge in [-0.15, -0.1) is 0 Å². The van der Waals surface area contributed by atoms with E-state index in [1.807, 2.05) is 12.2 Å². The molecule has 0 unspecified atom stereocenters. The van der Waals surface area contributed by atoms with Crippen LogP contribution in [0.4, 0.5) is 0 Å². The van der Waals surface area contributed by atoms with Gasteiger partial charge in [0.05, 0.1) is 12.6 Å². The molecule has 0 aromatic rings. The Bertz CT molecular complexity index is 355. The third-order valence-corrected chi connectivity index (χ3v) is 2.96. The molecule has 0 bridgehead atoms. The topological polar surface area (TPSA) is 59.6 Å². The fourth-order valence-corrected chi connectivity index (χ4v) is 1.93. The Kier molecular flexibility index (Phi) is 4.54. The third kappa shape index (κ3) is 4.62. The van der Waals surface area contributed by atoms with Crippen molar-refractivity contribution in [1.82, 2.24) is 10.6 Å². The number of rotatable bonds is 4. The van der Waals surface area contributed by atoms with Crippen LogP contribution in [0.25, 0.3) is 0 Å². The Hall–Kier alpha value is -1.14. The van der Waals surface area contributed by atoms with Gasteiger partial charge in [0.25, 0.3) is 0 Å². The van der Waals surface area contributed by atoms with Crippen LogP contribution in [0.2, 0.25) is 0 Å². The minimum Gasteiger partial charge on any atom is -0.463 e. The third-order valence-electron chi connectivity index (χ3n) is 2.73. The van der Waals surface area contributed by atoms with Gasteiger partial charge in [-0.1, -0.05) is 12.2 Å². The molecular formula is C12H18N2O3S. The first kappa shape index (κ1) is 13.3. The van der Waals surface area contributed by atoms with Crippen molar-refractivity contribution in [3.8, 4) is 0 Å². The van der Waals surface area contributed by atoms with Gasteiger partial charge < -0.3 is 20.1 Å². The molecule has 1 saturated carbocycles. The summed E-state index contributed by atoms with van der Waals surface area (Å²) < 4.78 is 10.4. The first-order valence-electron chi connectivity index (χ1n) is 6.14. The van der Waals surface area contributed by atoms with Crippen LogP contribution in [0.1, 0.15) is 19.8 Å². The molecule has 1 fully saturated rings. The molecule has 0 aromatic carbocycles. The Morgan fingerprint density at radius 3 is 2.78 bits per heavy atom. The molecule has 18 heavy (non-hydrogen) atoms. The summed E-state index contributed by atoms with van der Waals surface area (Å²) in [4.78, 5) is 10.7. The molecule has 2 rings (SSSR count). The lowest BCUT2D eigenvalue weighted by molar-refractivity contribution is -0.144. The molecule has 2 aliphatic rings. The zero-order chi connectivity index (χ0) is 13.0. The van der Waals surface area contributed by atoms with Crippen molar-refractivity contribution in [3.05, 3.63) is 12.2 Å². The van der Waals surface area contributed by atoms with Gasteiger partial charge in [-0.25, -0.2) is 0 Å². The van der Waals surface area contributed by atoms with Gasteiger partial charge in [-0.3, -0.25) is 4.79 Å². The summed E-state index contributed by atoms with van der Waals surface area (Å²) in [6.07, 6.45) is 6.13. The van der Waals surface area contributed by atoms with Crippen molar-refractivity contribution < 1.29 is 14.3 Å². The van der Waals surface area contributed by atoms with E-state index in [0.29, 0.717) is 17.8 Å². The number of thiocarbonyl (C=S) groups is 1. The fourth-order valence-electron chi connectivity index (χ4n) is 1.61. The van der Waals surface area contributed by atoms with Crippen LogP contribution in [0.3, 0.4) is 0 Å². The smallest absolute Gasteiger partial charge is 0.302 e. The van der Waals surface area contributed by atoms with Crippen molar-refractivity contribution in [2.75, 3.05) is 13.2 Å². The zero-order valence-electron chi connectivity index (χ0n) is 10.3. The number of carbonyl (C=O) groups is 1. The standard InChI is InChI=1S/C12H18N2O3S/c1-8(15)16-7-11-5-4-10(6-17-11)14-12(18)13-9-2-3-9/h4-5,9-11H,2-3,6-7H2,1H3,(H2,13,14,18)/t10-,11-/m1/s1. The van der Waals surface area contributed by atoms with E-state index in [0.717, 1.165) is 0 Å². The number of ether oxygens (including phenoxy) is 2. The second-order valence-corrected chi connectivity index (χ2v) is 4.97. The van der Waals surface area contributed by atoms with Gasteiger partial charge in [0, 0.05) is 13.0 Å². The number of hydrogen-bond acceptors (Lipinski definition) is 4. The van der Waals surface area contributed by atoms with E-state index in [1.54, 1.807) is 0 Å². The first-order valence-corrected chi connectivity index (χ1v) is 6.54. The normalized spacial score (nSPS) is 26.5. The summed E-state index contributed by atoms with van der Waals surface area (Å²) in [7, 11) is 0. The predicted octanol–water partition coefficient (Wildman–Crippen LogP) is 0.500. The van der Waals surface area contributed by atoms with Crippen LogP contribution in [0.15, 0.2) is 12.2 Å². The minimum absolute atomic E-state index is 0.0809. The average Bonchev–Trinajstić information content (AvgIpc) is 3.12. The SMILES string of the molecule is CC(=O)OC[C@H]1C=C[C@@H](NC(=S)NC2CC2)CO1. The molecule has 1 aliphatic heterocycles. The molecule has 0 amide bonds. The van der Waals surface area contributed by atoms with Crippen LogP contribution in [-0.2, 0) is 14.3 Å². The summed E-state index contributed by atoms with van der Waals surface area (Å²) in [6, 6.07) is 0.632. The molecule has 5 nitrogen and oxygen atoms in total. The highest BCUT2D eigenvalue weighted by atomic mass is 32.1. The zero-order valence-corrected chi connectivity index (χ0v) is 11.2. The van der Waals surface area contributed by atoms with Crippen molar-refractivity contribution >= 4 is 23.3 Å². The highest BCUT2D eigenvalue weighted by molar-refractivity contribution is 7.80. The lowest BCUT2D eigenvalue weighted by atomic mass is 10.2. The summed E-state index contributed by atoms with van der Waals surface area (Å²) in [6.45, 7) is 2.18. The highest BCUT2D eigenvalue weighted by Crippen LogP contribution is 2.18. The fraction of sp³-hybridized carbons (Fsp3) is 0.667. The van der Waals surface area contributed by atoms with Crippen LogP contribution >= 0.6 is 12.2 Å². The van der Waals surface area contributed by atoms with E-state index in [-0.39, 0.29) is 24.7 Å². The molecule has 2 atom stereocenters. The van der Waals surface area contributed by atoms with Crippen molar-refractivity contribution in [2.24, 2.45) is 0 Å². The Labute approximate surface area is 112 Å². The molecule has 100 valence electrons. The average molecular weight is 270 g/mol. The van der Waals surface area contributed by atoms with E-state index in [1.165, 1.54) is 19.8 Å². The molecule has 0 spiro atoms. The Morgan fingerprint density at radius 2 is 2.22 bits per heavy atom. The molecule has 0 saturated heterocycles. The van der Waals surface area contributed by atoms with Gasteiger partial charge in [0.2, 0.25) is 0 Å². The van der Waals surface area contributed by atoms with Crippen molar-refractivity contribution in [1.29, 1.82) is 0 Å². The molecule has 6 heteroatoms. The van der Waals surface area contributed by atoms with Gasteiger partial charge in [0.15, 0.2) is 5.11 Å². The lowest BCUT2D eigenvalue weighted by Crippen LogP contribution is -2.46. The summed E-state index contributed by atoms with van der Waals surface area (Å²) in [5.41, 5.74) is 0. The summed E-state index contributed by atoms with van der Waals surface area (Å²) >= 11 is 5.18. The quantitative estimate of drug-likeness (QED) is 0.441. The molecule has 1 aliphatic carbocycles. The lowest BCUT2D eigenvalue weighted by Gasteiger charge is -2.25. The van der Waals surface area contributed by atoms with Gasteiger partial charge in [0.1, 0.15) is 12.7 Å². The molecule has 0 aromatic heterocycles. The maximum absolute atomic E-state index is 10.7. The Morgan fingerprint density at radius 1 is 1.44 bits per heavy atom. The summed E-state index contributed by atoms with van der Waals surface area (Å²) in [5, 5.41) is 7.07. The second kappa shape index (κ2) is 6.15. The minimum atomic E-state index is -0.290. The monoisotopic (exact) mass is 270 g/mol. The molecular weight excluding hydrogens is 252 g/mol. The molecule has 0 radical (unpaired) electrons. The summed E-state index contributed by atoms with van der Waals surface area (Å²) in [5.74, 6) is -0.290. The number of hydrogen-bond donors (Lipinski definition) is 2. The number of carbonyl (C=O) groups excluding carboxylic acids is 1. The second-order valence-electron chi connectivity index (χ2n) is 4.56. The van der Waals surface area contributed by atoms with E-state index < -0.39 is 0 Å². The number of esters is 1. The van der Waals surface area contributed by atoms with Crippen LogP contribution in [0, 0.1) is 0 Å². The van der Waals surface area contributed by atoms with E-state index in [4.69, 9.17) is 21.7 Å². The Balaban J connectivity index is 1.68. The van der Waals surface area contributed by atoms with Crippen LogP contribution < -0.4 is 10.6 Å². The maximum Gasteiger partial charge on any atom is 0.302 e.